The van der Waals surface area contributed by atoms with Gasteiger partial charge in [-0.1, -0.05) is 54.6 Å². The molecule has 1 amide bonds. The van der Waals surface area contributed by atoms with Crippen LogP contribution in [0.2, 0.25) is 0 Å². The first-order valence-corrected chi connectivity index (χ1v) is 8.43. The largest absolute Gasteiger partial charge is 0.336 e. The molecule has 0 saturated carbocycles. The molecule has 3 aromatic rings. The lowest BCUT2D eigenvalue weighted by atomic mass is 9.99. The monoisotopic (exact) mass is 333 g/mol. The summed E-state index contributed by atoms with van der Waals surface area (Å²) >= 11 is 0. The molecule has 6 nitrogen and oxygen atoms in total. The zero-order valence-electron chi connectivity index (χ0n) is 14.0. The van der Waals surface area contributed by atoms with Crippen LogP contribution in [-0.4, -0.2) is 37.6 Å². The first-order valence-electron chi connectivity index (χ1n) is 8.43. The summed E-state index contributed by atoms with van der Waals surface area (Å²) < 4.78 is 0. The summed E-state index contributed by atoms with van der Waals surface area (Å²) in [4.78, 5) is 16.1. The van der Waals surface area contributed by atoms with E-state index >= 15 is 0 Å². The minimum Gasteiger partial charge on any atom is -0.336 e. The van der Waals surface area contributed by atoms with Gasteiger partial charge in [0.1, 0.15) is 6.04 Å². The lowest BCUT2D eigenvalue weighted by molar-refractivity contribution is -0.135. The summed E-state index contributed by atoms with van der Waals surface area (Å²) in [6, 6.07) is 17.4. The van der Waals surface area contributed by atoms with Crippen LogP contribution in [0.25, 0.3) is 11.4 Å². The van der Waals surface area contributed by atoms with Gasteiger partial charge in [0.15, 0.2) is 0 Å². The van der Waals surface area contributed by atoms with E-state index in [-0.39, 0.29) is 5.91 Å². The standard InChI is InChI=1S/C19H19N5O/c1-14(24-21-18(20-22-24)16-8-3-2-4-9-16)19(25)23-12-11-15-7-5-6-10-17(15)13-23/h2-10,14H,11-13H2,1H3. The number of nitrogens with zero attached hydrogens (tertiary/aromatic N) is 5. The Morgan fingerprint density at radius 2 is 1.76 bits per heavy atom. The maximum absolute atomic E-state index is 12.9. The summed E-state index contributed by atoms with van der Waals surface area (Å²) in [6.07, 6.45) is 0.884. The van der Waals surface area contributed by atoms with E-state index in [9.17, 15) is 4.79 Å². The van der Waals surface area contributed by atoms with E-state index in [1.807, 2.05) is 54.3 Å². The van der Waals surface area contributed by atoms with Crippen LogP contribution in [0.3, 0.4) is 0 Å². The Morgan fingerprint density at radius 3 is 2.56 bits per heavy atom. The Hall–Kier alpha value is -3.02. The molecule has 6 heteroatoms. The zero-order chi connectivity index (χ0) is 17.2. The molecule has 1 atom stereocenters. The van der Waals surface area contributed by atoms with Gasteiger partial charge in [-0.3, -0.25) is 4.79 Å². The first kappa shape index (κ1) is 15.5. The molecule has 1 unspecified atom stereocenters. The number of rotatable bonds is 3. The molecule has 2 aromatic carbocycles. The average molecular weight is 333 g/mol. The van der Waals surface area contributed by atoms with Gasteiger partial charge in [0.25, 0.3) is 0 Å². The highest BCUT2D eigenvalue weighted by molar-refractivity contribution is 5.80. The van der Waals surface area contributed by atoms with Gasteiger partial charge in [-0.25, -0.2) is 0 Å². The minimum atomic E-state index is -0.477. The van der Waals surface area contributed by atoms with Crippen molar-refractivity contribution in [3.63, 3.8) is 0 Å². The Morgan fingerprint density at radius 1 is 1.04 bits per heavy atom. The van der Waals surface area contributed by atoms with Gasteiger partial charge in [0.05, 0.1) is 0 Å². The van der Waals surface area contributed by atoms with Crippen LogP contribution in [-0.2, 0) is 17.8 Å². The van der Waals surface area contributed by atoms with E-state index in [0.717, 1.165) is 18.5 Å². The first-order chi connectivity index (χ1) is 12.2. The van der Waals surface area contributed by atoms with E-state index in [1.165, 1.54) is 15.9 Å². The third kappa shape index (κ3) is 3.03. The van der Waals surface area contributed by atoms with E-state index < -0.39 is 6.04 Å². The molecule has 1 aromatic heterocycles. The van der Waals surface area contributed by atoms with Crippen molar-refractivity contribution < 1.29 is 4.79 Å². The highest BCUT2D eigenvalue weighted by atomic mass is 16.2. The number of hydrogen-bond donors (Lipinski definition) is 0. The van der Waals surface area contributed by atoms with E-state index in [2.05, 4.69) is 27.5 Å². The molecule has 0 N–H and O–H groups in total. The van der Waals surface area contributed by atoms with Crippen molar-refractivity contribution in [2.75, 3.05) is 6.54 Å². The Kier molecular flexibility index (Phi) is 4.01. The number of carbonyl (C=O) groups is 1. The Bertz CT molecular complexity index is 890. The third-order valence-corrected chi connectivity index (χ3v) is 4.61. The fourth-order valence-corrected chi connectivity index (χ4v) is 3.14. The van der Waals surface area contributed by atoms with Crippen LogP contribution < -0.4 is 0 Å². The van der Waals surface area contributed by atoms with Gasteiger partial charge < -0.3 is 4.90 Å². The van der Waals surface area contributed by atoms with Crippen molar-refractivity contribution in [1.29, 1.82) is 0 Å². The topological polar surface area (TPSA) is 63.9 Å². The number of tetrazole rings is 1. The fourth-order valence-electron chi connectivity index (χ4n) is 3.14. The molecule has 1 aliphatic rings. The summed E-state index contributed by atoms with van der Waals surface area (Å²) in [6.45, 7) is 3.18. The quantitative estimate of drug-likeness (QED) is 0.739. The van der Waals surface area contributed by atoms with Gasteiger partial charge in [-0.05, 0) is 29.7 Å². The number of benzene rings is 2. The molecule has 4 rings (SSSR count). The van der Waals surface area contributed by atoms with Crippen LogP contribution in [0.15, 0.2) is 54.6 Å². The molecule has 0 aliphatic carbocycles. The molecule has 0 saturated heterocycles. The van der Waals surface area contributed by atoms with Crippen LogP contribution in [0.5, 0.6) is 0 Å². The van der Waals surface area contributed by atoms with Gasteiger partial charge >= 0.3 is 0 Å². The van der Waals surface area contributed by atoms with Crippen molar-refractivity contribution in [2.24, 2.45) is 0 Å². The summed E-state index contributed by atoms with van der Waals surface area (Å²) in [7, 11) is 0. The second-order valence-electron chi connectivity index (χ2n) is 6.25. The van der Waals surface area contributed by atoms with E-state index in [4.69, 9.17) is 0 Å². The summed E-state index contributed by atoms with van der Waals surface area (Å²) in [5.74, 6) is 0.552. The van der Waals surface area contributed by atoms with Crippen molar-refractivity contribution in [3.8, 4) is 11.4 Å². The van der Waals surface area contributed by atoms with Crippen molar-refractivity contribution in [3.05, 3.63) is 65.7 Å². The van der Waals surface area contributed by atoms with E-state index in [1.54, 1.807) is 0 Å². The molecule has 25 heavy (non-hydrogen) atoms. The molecule has 0 radical (unpaired) electrons. The number of aromatic nitrogens is 4. The number of amides is 1. The number of carbonyl (C=O) groups excluding carboxylic acids is 1. The van der Waals surface area contributed by atoms with Gasteiger partial charge in [-0.15, -0.1) is 10.2 Å². The fraction of sp³-hybridized carbons (Fsp3) is 0.263. The van der Waals surface area contributed by atoms with Crippen molar-refractivity contribution >= 4 is 5.91 Å². The predicted molar refractivity (Wildman–Crippen MR) is 93.5 cm³/mol. The summed E-state index contributed by atoms with van der Waals surface area (Å²) in [5.41, 5.74) is 3.43. The molecule has 0 bridgehead atoms. The molecular weight excluding hydrogens is 314 g/mol. The number of hydrogen-bond acceptors (Lipinski definition) is 4. The van der Waals surface area contributed by atoms with Gasteiger partial charge in [-0.2, -0.15) is 4.80 Å². The van der Waals surface area contributed by atoms with Gasteiger partial charge in [0.2, 0.25) is 11.7 Å². The molecule has 0 spiro atoms. The van der Waals surface area contributed by atoms with Gasteiger partial charge in [0, 0.05) is 18.7 Å². The molecule has 126 valence electrons. The molecule has 0 fully saturated rings. The molecule has 2 heterocycles. The van der Waals surface area contributed by atoms with Crippen molar-refractivity contribution in [1.82, 2.24) is 25.1 Å². The maximum atomic E-state index is 12.9. The SMILES string of the molecule is CC(C(=O)N1CCc2ccccc2C1)n1nnc(-c2ccccc2)n1. The highest BCUT2D eigenvalue weighted by Crippen LogP contribution is 2.21. The molecular formula is C19H19N5O. The second kappa shape index (κ2) is 6.47. The average Bonchev–Trinajstić information content (AvgIpc) is 3.17. The lowest BCUT2D eigenvalue weighted by Crippen LogP contribution is -2.40. The normalized spacial score (nSPS) is 14.8. The molecule has 1 aliphatic heterocycles. The maximum Gasteiger partial charge on any atom is 0.249 e. The van der Waals surface area contributed by atoms with E-state index in [0.29, 0.717) is 12.4 Å². The smallest absolute Gasteiger partial charge is 0.249 e. The minimum absolute atomic E-state index is 0.0199. The third-order valence-electron chi connectivity index (χ3n) is 4.61. The van der Waals surface area contributed by atoms with Crippen LogP contribution in [0, 0.1) is 0 Å². The lowest BCUT2D eigenvalue weighted by Gasteiger charge is -2.30. The van der Waals surface area contributed by atoms with Crippen molar-refractivity contribution in [2.45, 2.75) is 25.9 Å². The van der Waals surface area contributed by atoms with Crippen LogP contribution in [0.4, 0.5) is 0 Å². The van der Waals surface area contributed by atoms with Crippen LogP contribution >= 0.6 is 0 Å². The Labute approximate surface area is 146 Å². The number of fused-ring (bicyclic) bond motifs is 1. The zero-order valence-corrected chi connectivity index (χ0v) is 14.0. The predicted octanol–water partition coefficient (Wildman–Crippen LogP) is 2.49. The summed E-state index contributed by atoms with van der Waals surface area (Å²) in [5, 5.41) is 12.6. The Balaban J connectivity index is 1.51. The highest BCUT2D eigenvalue weighted by Gasteiger charge is 2.27. The van der Waals surface area contributed by atoms with Crippen LogP contribution in [0.1, 0.15) is 24.1 Å². The second-order valence-corrected chi connectivity index (χ2v) is 6.25.